The number of halogens is 1. The van der Waals surface area contributed by atoms with E-state index in [2.05, 4.69) is 5.32 Å². The highest BCUT2D eigenvalue weighted by Gasteiger charge is 2.40. The van der Waals surface area contributed by atoms with E-state index in [1.807, 2.05) is 0 Å². The number of benzene rings is 1. The number of rotatable bonds is 6. The minimum atomic E-state index is -3.46. The molecule has 1 fully saturated rings. The topological polar surface area (TPSA) is 63.2 Å². The molecule has 0 bridgehead atoms. The van der Waals surface area contributed by atoms with Crippen LogP contribution in [0.15, 0.2) is 24.3 Å². The summed E-state index contributed by atoms with van der Waals surface area (Å²) in [5.74, 6) is -0.754. The number of sulfone groups is 1. The Morgan fingerprint density at radius 2 is 1.78 bits per heavy atom. The fourth-order valence-corrected chi connectivity index (χ4v) is 4.13. The van der Waals surface area contributed by atoms with Gasteiger partial charge in [-0.15, -0.1) is 0 Å². The van der Waals surface area contributed by atoms with Crippen LogP contribution in [0.4, 0.5) is 4.39 Å². The summed E-state index contributed by atoms with van der Waals surface area (Å²) < 4.78 is 37.3. The van der Waals surface area contributed by atoms with E-state index in [-0.39, 0.29) is 11.2 Å². The van der Waals surface area contributed by atoms with Gasteiger partial charge in [0.05, 0.1) is 5.25 Å². The molecule has 128 valence electrons. The largest absolute Gasteiger partial charge is 0.354 e. The Kier molecular flexibility index (Phi) is 5.14. The van der Waals surface area contributed by atoms with Gasteiger partial charge >= 0.3 is 0 Å². The quantitative estimate of drug-likeness (QED) is 0.865. The summed E-state index contributed by atoms with van der Waals surface area (Å²) in [7, 11) is -3.46. The van der Waals surface area contributed by atoms with E-state index in [9.17, 15) is 17.6 Å². The zero-order chi connectivity index (χ0) is 17.3. The predicted octanol–water partition coefficient (Wildman–Crippen LogP) is 2.58. The maximum Gasteiger partial charge on any atom is 0.238 e. The van der Waals surface area contributed by atoms with Crippen molar-refractivity contribution in [3.63, 3.8) is 0 Å². The molecule has 0 spiro atoms. The third-order valence-corrected chi connectivity index (χ3v) is 7.40. The Balaban J connectivity index is 2.06. The second-order valence-corrected chi connectivity index (χ2v) is 9.47. The van der Waals surface area contributed by atoms with Crippen molar-refractivity contribution in [2.24, 2.45) is 0 Å². The van der Waals surface area contributed by atoms with Crippen LogP contribution in [0.25, 0.3) is 0 Å². The summed E-state index contributed by atoms with van der Waals surface area (Å²) in [4.78, 5) is 12.2. The molecule has 0 unspecified atom stereocenters. The van der Waals surface area contributed by atoms with Crippen LogP contribution in [0.2, 0.25) is 0 Å². The van der Waals surface area contributed by atoms with Gasteiger partial charge in [-0.05, 0) is 51.3 Å². The lowest BCUT2D eigenvalue weighted by Gasteiger charge is -2.42. The van der Waals surface area contributed by atoms with Gasteiger partial charge in [-0.1, -0.05) is 18.6 Å². The van der Waals surface area contributed by atoms with Crippen molar-refractivity contribution in [2.45, 2.75) is 55.9 Å². The molecule has 1 atom stereocenters. The average Bonchev–Trinajstić information content (AvgIpc) is 2.46. The predicted molar refractivity (Wildman–Crippen MR) is 88.5 cm³/mol. The van der Waals surface area contributed by atoms with E-state index in [4.69, 9.17) is 0 Å². The van der Waals surface area contributed by atoms with Crippen molar-refractivity contribution < 1.29 is 17.6 Å². The third-order valence-electron chi connectivity index (χ3n) is 4.89. The van der Waals surface area contributed by atoms with Gasteiger partial charge in [-0.25, -0.2) is 12.8 Å². The first kappa shape index (κ1) is 17.9. The van der Waals surface area contributed by atoms with Crippen molar-refractivity contribution >= 4 is 15.7 Å². The van der Waals surface area contributed by atoms with Crippen LogP contribution in [-0.2, 0) is 20.0 Å². The summed E-state index contributed by atoms with van der Waals surface area (Å²) in [6.07, 6.45) is 2.86. The fraction of sp³-hybridized carbons (Fsp3) is 0.588. The summed E-state index contributed by atoms with van der Waals surface area (Å²) in [6.45, 7) is 4.96. The number of nitrogens with one attached hydrogen (secondary N) is 1. The molecule has 0 heterocycles. The summed E-state index contributed by atoms with van der Waals surface area (Å²) >= 11 is 0. The lowest BCUT2D eigenvalue weighted by molar-refractivity contribution is -0.120. The van der Waals surface area contributed by atoms with Crippen LogP contribution in [0.1, 0.15) is 45.6 Å². The van der Waals surface area contributed by atoms with Crippen LogP contribution in [-0.4, -0.2) is 31.4 Å². The van der Waals surface area contributed by atoms with Gasteiger partial charge in [0.2, 0.25) is 5.91 Å². The van der Waals surface area contributed by atoms with Crippen LogP contribution in [0, 0.1) is 5.82 Å². The highest BCUT2D eigenvalue weighted by atomic mass is 32.2. The van der Waals surface area contributed by atoms with Crippen molar-refractivity contribution in [2.75, 3.05) is 6.54 Å². The van der Waals surface area contributed by atoms with Crippen LogP contribution < -0.4 is 5.32 Å². The zero-order valence-corrected chi connectivity index (χ0v) is 14.6. The molecule has 6 heteroatoms. The standard InChI is InChI=1S/C17H24FNO3S/c1-12(2)23(21,22)13(3)16(20)19-11-17(9-4-10-17)14-5-7-15(18)8-6-14/h5-8,12-13H,4,9-11H2,1-3H3,(H,19,20)/t13-/m1/s1. The summed E-state index contributed by atoms with van der Waals surface area (Å²) in [5, 5.41) is 1.14. The van der Waals surface area contributed by atoms with E-state index in [1.165, 1.54) is 19.1 Å². The molecule has 0 saturated heterocycles. The maximum absolute atomic E-state index is 13.1. The van der Waals surface area contributed by atoms with Gasteiger partial charge in [0.25, 0.3) is 0 Å². The van der Waals surface area contributed by atoms with E-state index in [0.29, 0.717) is 6.54 Å². The Hall–Kier alpha value is -1.43. The first-order valence-electron chi connectivity index (χ1n) is 7.95. The number of hydrogen-bond donors (Lipinski definition) is 1. The third kappa shape index (κ3) is 3.57. The van der Waals surface area contributed by atoms with Crippen LogP contribution in [0.5, 0.6) is 0 Å². The van der Waals surface area contributed by atoms with Crippen molar-refractivity contribution in [3.05, 3.63) is 35.6 Å². The highest BCUT2D eigenvalue weighted by Crippen LogP contribution is 2.43. The molecule has 1 aromatic rings. The summed E-state index contributed by atoms with van der Waals surface area (Å²) in [5.41, 5.74) is 0.787. The molecule has 1 amide bonds. The lowest BCUT2D eigenvalue weighted by Crippen LogP contribution is -2.49. The lowest BCUT2D eigenvalue weighted by atomic mass is 9.64. The van der Waals surface area contributed by atoms with Gasteiger partial charge in [-0.2, -0.15) is 0 Å². The molecule has 2 rings (SSSR count). The van der Waals surface area contributed by atoms with Crippen LogP contribution >= 0.6 is 0 Å². The number of carbonyl (C=O) groups excluding carboxylic acids is 1. The summed E-state index contributed by atoms with van der Waals surface area (Å²) in [6, 6.07) is 6.33. The monoisotopic (exact) mass is 341 g/mol. The maximum atomic E-state index is 13.1. The molecule has 1 aliphatic rings. The minimum Gasteiger partial charge on any atom is -0.354 e. The zero-order valence-electron chi connectivity index (χ0n) is 13.8. The van der Waals surface area contributed by atoms with E-state index < -0.39 is 26.2 Å². The van der Waals surface area contributed by atoms with Gasteiger partial charge in [0, 0.05) is 12.0 Å². The van der Waals surface area contributed by atoms with Gasteiger partial charge in [0.1, 0.15) is 11.1 Å². The number of carbonyl (C=O) groups is 1. The molecule has 4 nitrogen and oxygen atoms in total. The molecule has 1 saturated carbocycles. The van der Waals surface area contributed by atoms with E-state index in [1.54, 1.807) is 26.0 Å². The van der Waals surface area contributed by atoms with Crippen LogP contribution in [0.3, 0.4) is 0 Å². The normalized spacial score (nSPS) is 18.3. The fourth-order valence-electron chi connectivity index (χ4n) is 2.93. The van der Waals surface area contributed by atoms with Crippen molar-refractivity contribution in [1.82, 2.24) is 5.32 Å². The Bertz CT molecular complexity index is 664. The molecule has 1 N–H and O–H groups in total. The van der Waals surface area contributed by atoms with Crippen molar-refractivity contribution in [3.8, 4) is 0 Å². The Labute approximate surface area is 137 Å². The van der Waals surface area contributed by atoms with Gasteiger partial charge in [-0.3, -0.25) is 4.79 Å². The molecular weight excluding hydrogens is 317 g/mol. The number of hydrogen-bond acceptors (Lipinski definition) is 3. The number of amides is 1. The van der Waals surface area contributed by atoms with Gasteiger partial charge < -0.3 is 5.32 Å². The first-order chi connectivity index (χ1) is 10.7. The molecule has 1 aliphatic carbocycles. The molecule has 0 aromatic heterocycles. The SMILES string of the molecule is CC(C)S(=O)(=O)[C@H](C)C(=O)NCC1(c2ccc(F)cc2)CCC1. The minimum absolute atomic E-state index is 0.204. The smallest absolute Gasteiger partial charge is 0.238 e. The molecule has 1 aromatic carbocycles. The van der Waals surface area contributed by atoms with Crippen molar-refractivity contribution in [1.29, 1.82) is 0 Å². The second kappa shape index (κ2) is 6.59. The molecule has 23 heavy (non-hydrogen) atoms. The Morgan fingerprint density at radius 3 is 2.22 bits per heavy atom. The molecular formula is C17H24FNO3S. The Morgan fingerprint density at radius 1 is 1.22 bits per heavy atom. The molecule has 0 radical (unpaired) electrons. The van der Waals surface area contributed by atoms with E-state index >= 15 is 0 Å². The van der Waals surface area contributed by atoms with E-state index in [0.717, 1.165) is 24.8 Å². The average molecular weight is 341 g/mol. The second-order valence-electron chi connectivity index (χ2n) is 6.64. The van der Waals surface area contributed by atoms with Gasteiger partial charge in [0.15, 0.2) is 9.84 Å². The molecule has 0 aliphatic heterocycles. The highest BCUT2D eigenvalue weighted by molar-refractivity contribution is 7.93. The first-order valence-corrected chi connectivity index (χ1v) is 9.56.